The van der Waals surface area contributed by atoms with Crippen molar-refractivity contribution in [3.05, 3.63) is 33.5 Å². The number of ketones is 1. The van der Waals surface area contributed by atoms with Crippen LogP contribution in [0.4, 0.5) is 0 Å². The maximum atomic E-state index is 12.1. The van der Waals surface area contributed by atoms with Crippen molar-refractivity contribution in [1.29, 1.82) is 0 Å². The standard InChI is InChI=1S/C12H15N3OS/c1-4-15-7-10(6-13-15)5-11(16)12-8(2)14-9(3)17-12/h6-7H,4-5H2,1-3H3. The van der Waals surface area contributed by atoms with Crippen molar-refractivity contribution >= 4 is 17.1 Å². The highest BCUT2D eigenvalue weighted by Crippen LogP contribution is 2.19. The molecule has 0 spiro atoms. The van der Waals surface area contributed by atoms with Crippen molar-refractivity contribution in [3.63, 3.8) is 0 Å². The van der Waals surface area contributed by atoms with Gasteiger partial charge in [0, 0.05) is 19.2 Å². The van der Waals surface area contributed by atoms with Gasteiger partial charge in [0.15, 0.2) is 5.78 Å². The molecule has 17 heavy (non-hydrogen) atoms. The van der Waals surface area contributed by atoms with Crippen LogP contribution in [0.25, 0.3) is 0 Å². The van der Waals surface area contributed by atoms with Crippen LogP contribution in [0, 0.1) is 13.8 Å². The van der Waals surface area contributed by atoms with E-state index in [-0.39, 0.29) is 5.78 Å². The van der Waals surface area contributed by atoms with Crippen LogP contribution in [-0.4, -0.2) is 20.5 Å². The third kappa shape index (κ3) is 2.61. The molecule has 0 saturated carbocycles. The lowest BCUT2D eigenvalue weighted by Crippen LogP contribution is -2.02. The number of carbonyl (C=O) groups excluding carboxylic acids is 1. The molecule has 0 saturated heterocycles. The van der Waals surface area contributed by atoms with Crippen molar-refractivity contribution in [2.75, 3.05) is 0 Å². The van der Waals surface area contributed by atoms with Gasteiger partial charge in [0.1, 0.15) is 0 Å². The van der Waals surface area contributed by atoms with Crippen molar-refractivity contribution in [2.45, 2.75) is 33.7 Å². The first kappa shape index (κ1) is 12.0. The zero-order valence-corrected chi connectivity index (χ0v) is 11.0. The minimum Gasteiger partial charge on any atom is -0.293 e. The number of hydrogen-bond donors (Lipinski definition) is 0. The molecule has 4 nitrogen and oxygen atoms in total. The molecule has 2 aromatic rings. The molecule has 0 bridgehead atoms. The van der Waals surface area contributed by atoms with E-state index in [1.54, 1.807) is 6.20 Å². The average molecular weight is 249 g/mol. The summed E-state index contributed by atoms with van der Waals surface area (Å²) < 4.78 is 1.83. The van der Waals surface area contributed by atoms with E-state index in [9.17, 15) is 4.79 Å². The fraction of sp³-hybridized carbons (Fsp3) is 0.417. The number of aromatic nitrogens is 3. The molecule has 0 aliphatic rings. The zero-order chi connectivity index (χ0) is 12.4. The van der Waals surface area contributed by atoms with E-state index in [2.05, 4.69) is 10.1 Å². The smallest absolute Gasteiger partial charge is 0.179 e. The summed E-state index contributed by atoms with van der Waals surface area (Å²) in [5, 5.41) is 5.10. The maximum absolute atomic E-state index is 12.1. The number of carbonyl (C=O) groups is 1. The molecule has 2 rings (SSSR count). The van der Waals surface area contributed by atoms with Crippen LogP contribution < -0.4 is 0 Å². The fourth-order valence-corrected chi connectivity index (χ4v) is 2.58. The normalized spacial score (nSPS) is 10.8. The quantitative estimate of drug-likeness (QED) is 0.782. The van der Waals surface area contributed by atoms with E-state index in [4.69, 9.17) is 0 Å². The molecular formula is C12H15N3OS. The van der Waals surface area contributed by atoms with E-state index >= 15 is 0 Å². The largest absolute Gasteiger partial charge is 0.293 e. The van der Waals surface area contributed by atoms with Crippen LogP contribution in [0.2, 0.25) is 0 Å². The van der Waals surface area contributed by atoms with Gasteiger partial charge in [-0.15, -0.1) is 11.3 Å². The van der Waals surface area contributed by atoms with Crippen LogP contribution in [0.15, 0.2) is 12.4 Å². The lowest BCUT2D eigenvalue weighted by molar-refractivity contribution is 0.0996. The SMILES string of the molecule is CCn1cc(CC(=O)c2sc(C)nc2C)cn1. The van der Waals surface area contributed by atoms with Crippen LogP contribution in [0.5, 0.6) is 0 Å². The number of thiazole rings is 1. The predicted molar refractivity (Wildman–Crippen MR) is 67.5 cm³/mol. The summed E-state index contributed by atoms with van der Waals surface area (Å²) in [6, 6.07) is 0. The van der Waals surface area contributed by atoms with Crippen molar-refractivity contribution < 1.29 is 4.79 Å². The first-order chi connectivity index (χ1) is 8.10. The van der Waals surface area contributed by atoms with E-state index in [1.807, 2.05) is 31.6 Å². The maximum Gasteiger partial charge on any atom is 0.179 e. The van der Waals surface area contributed by atoms with Crippen LogP contribution in [0.3, 0.4) is 0 Å². The Morgan fingerprint density at radius 1 is 1.47 bits per heavy atom. The average Bonchev–Trinajstić information content (AvgIpc) is 2.85. The molecule has 0 N–H and O–H groups in total. The second kappa shape index (κ2) is 4.79. The first-order valence-corrected chi connectivity index (χ1v) is 6.40. The molecule has 2 aromatic heterocycles. The number of hydrogen-bond acceptors (Lipinski definition) is 4. The van der Waals surface area contributed by atoms with Gasteiger partial charge >= 0.3 is 0 Å². The Morgan fingerprint density at radius 3 is 2.76 bits per heavy atom. The third-order valence-corrected chi connectivity index (χ3v) is 3.65. The molecule has 0 aromatic carbocycles. The van der Waals surface area contributed by atoms with Gasteiger partial charge in [0.2, 0.25) is 0 Å². The Bertz CT molecular complexity index is 542. The molecule has 0 radical (unpaired) electrons. The molecule has 0 aliphatic heterocycles. The summed E-state index contributed by atoms with van der Waals surface area (Å²) in [5.74, 6) is 0.128. The van der Waals surface area contributed by atoms with E-state index in [1.165, 1.54) is 11.3 Å². The molecule has 0 unspecified atom stereocenters. The molecule has 0 fully saturated rings. The summed E-state index contributed by atoms with van der Waals surface area (Å²) in [7, 11) is 0. The minimum absolute atomic E-state index is 0.128. The van der Waals surface area contributed by atoms with Crippen molar-refractivity contribution in [2.24, 2.45) is 0 Å². The van der Waals surface area contributed by atoms with Gasteiger partial charge in [0.05, 0.1) is 21.8 Å². The molecule has 90 valence electrons. The Hall–Kier alpha value is -1.49. The molecule has 5 heteroatoms. The van der Waals surface area contributed by atoms with Gasteiger partial charge in [0.25, 0.3) is 0 Å². The van der Waals surface area contributed by atoms with Gasteiger partial charge in [-0.1, -0.05) is 0 Å². The van der Waals surface area contributed by atoms with Crippen LogP contribution in [0.1, 0.15) is 32.9 Å². The molecular weight excluding hydrogens is 234 g/mol. The highest BCUT2D eigenvalue weighted by molar-refractivity contribution is 7.13. The minimum atomic E-state index is 0.128. The summed E-state index contributed by atoms with van der Waals surface area (Å²) in [6.07, 6.45) is 4.08. The second-order valence-corrected chi connectivity index (χ2v) is 5.15. The lowest BCUT2D eigenvalue weighted by Gasteiger charge is -1.96. The molecule has 0 atom stereocenters. The first-order valence-electron chi connectivity index (χ1n) is 5.58. The summed E-state index contributed by atoms with van der Waals surface area (Å²) in [6.45, 7) is 6.65. The topological polar surface area (TPSA) is 47.8 Å². The number of Topliss-reactive ketones (excluding diaryl/α,β-unsaturated/α-hetero) is 1. The highest BCUT2D eigenvalue weighted by atomic mass is 32.1. The Labute approximate surface area is 104 Å². The Balaban J connectivity index is 2.14. The molecule has 2 heterocycles. The van der Waals surface area contributed by atoms with Crippen molar-refractivity contribution in [3.8, 4) is 0 Å². The molecule has 0 amide bonds. The Kier molecular flexibility index (Phi) is 3.38. The van der Waals surface area contributed by atoms with Gasteiger partial charge in [-0.3, -0.25) is 9.48 Å². The summed E-state index contributed by atoms with van der Waals surface area (Å²) in [4.78, 5) is 17.1. The van der Waals surface area contributed by atoms with Gasteiger partial charge in [-0.2, -0.15) is 5.10 Å². The van der Waals surface area contributed by atoms with E-state index in [0.29, 0.717) is 6.42 Å². The van der Waals surface area contributed by atoms with Crippen LogP contribution >= 0.6 is 11.3 Å². The highest BCUT2D eigenvalue weighted by Gasteiger charge is 2.14. The monoisotopic (exact) mass is 249 g/mol. The lowest BCUT2D eigenvalue weighted by atomic mass is 10.1. The second-order valence-electron chi connectivity index (χ2n) is 3.95. The molecule has 0 aliphatic carbocycles. The predicted octanol–water partition coefficient (Wildman–Crippen LogP) is 2.40. The third-order valence-electron chi connectivity index (χ3n) is 2.53. The van der Waals surface area contributed by atoms with Crippen molar-refractivity contribution in [1.82, 2.24) is 14.8 Å². The van der Waals surface area contributed by atoms with Crippen LogP contribution in [-0.2, 0) is 13.0 Å². The van der Waals surface area contributed by atoms with Gasteiger partial charge in [-0.05, 0) is 26.3 Å². The fourth-order valence-electron chi connectivity index (χ4n) is 1.73. The van der Waals surface area contributed by atoms with Gasteiger partial charge < -0.3 is 0 Å². The summed E-state index contributed by atoms with van der Waals surface area (Å²) in [5.41, 5.74) is 1.79. The van der Waals surface area contributed by atoms with E-state index < -0.39 is 0 Å². The summed E-state index contributed by atoms with van der Waals surface area (Å²) >= 11 is 1.47. The van der Waals surface area contributed by atoms with E-state index in [0.717, 1.165) is 27.7 Å². The number of aryl methyl sites for hydroxylation is 3. The number of rotatable bonds is 4. The Morgan fingerprint density at radius 2 is 2.24 bits per heavy atom. The van der Waals surface area contributed by atoms with Gasteiger partial charge in [-0.25, -0.2) is 4.98 Å². The number of nitrogens with zero attached hydrogens (tertiary/aromatic N) is 3. The zero-order valence-electron chi connectivity index (χ0n) is 10.2.